The van der Waals surface area contributed by atoms with E-state index < -0.39 is 0 Å². The van der Waals surface area contributed by atoms with E-state index in [4.69, 9.17) is 5.73 Å². The quantitative estimate of drug-likeness (QED) is 0.828. The molecule has 1 saturated heterocycles. The summed E-state index contributed by atoms with van der Waals surface area (Å²) in [7, 11) is 0. The molecule has 1 amide bonds. The van der Waals surface area contributed by atoms with E-state index in [0.717, 1.165) is 37.4 Å². The third-order valence-electron chi connectivity index (χ3n) is 2.97. The second-order valence-electron chi connectivity index (χ2n) is 3.95. The molecule has 0 aliphatic carbocycles. The Labute approximate surface area is 93.9 Å². The van der Waals surface area contributed by atoms with Gasteiger partial charge in [-0.3, -0.25) is 4.79 Å². The van der Waals surface area contributed by atoms with Crippen molar-refractivity contribution in [1.82, 2.24) is 4.90 Å². The minimum absolute atomic E-state index is 0.181. The van der Waals surface area contributed by atoms with Crippen LogP contribution >= 0.6 is 11.3 Å². The van der Waals surface area contributed by atoms with E-state index in [1.807, 2.05) is 22.4 Å². The zero-order chi connectivity index (χ0) is 10.7. The predicted octanol–water partition coefficient (Wildman–Crippen LogP) is 1.56. The summed E-state index contributed by atoms with van der Waals surface area (Å²) in [4.78, 5) is 14.8. The largest absolute Gasteiger partial charge is 0.338 e. The second kappa shape index (κ2) is 4.77. The normalized spacial score (nSPS) is 18.1. The van der Waals surface area contributed by atoms with Crippen LogP contribution in [0, 0.1) is 5.92 Å². The highest BCUT2D eigenvalue weighted by Crippen LogP contribution is 2.19. The minimum atomic E-state index is 0.181. The first-order valence-electron chi connectivity index (χ1n) is 5.34. The SMILES string of the molecule is NCC1CCN(C(=O)c2cccs2)CC1. The van der Waals surface area contributed by atoms with Crippen LogP contribution in [0.3, 0.4) is 0 Å². The molecule has 0 saturated carbocycles. The van der Waals surface area contributed by atoms with Gasteiger partial charge in [0.05, 0.1) is 4.88 Å². The van der Waals surface area contributed by atoms with Crippen molar-refractivity contribution < 1.29 is 4.79 Å². The second-order valence-corrected chi connectivity index (χ2v) is 4.90. The van der Waals surface area contributed by atoms with Crippen molar-refractivity contribution in [3.63, 3.8) is 0 Å². The first-order chi connectivity index (χ1) is 7.31. The van der Waals surface area contributed by atoms with Gasteiger partial charge in [-0.15, -0.1) is 11.3 Å². The van der Waals surface area contributed by atoms with Crippen LogP contribution in [0.4, 0.5) is 0 Å². The topological polar surface area (TPSA) is 46.3 Å². The average Bonchev–Trinajstić information content (AvgIpc) is 2.82. The van der Waals surface area contributed by atoms with Crippen LogP contribution in [0.5, 0.6) is 0 Å². The van der Waals surface area contributed by atoms with Crippen LogP contribution in [0.15, 0.2) is 17.5 Å². The van der Waals surface area contributed by atoms with E-state index in [1.165, 1.54) is 11.3 Å². The Hall–Kier alpha value is -0.870. The summed E-state index contributed by atoms with van der Waals surface area (Å²) in [5.74, 6) is 0.790. The molecule has 2 N–H and O–H groups in total. The third-order valence-corrected chi connectivity index (χ3v) is 3.82. The molecule has 0 radical (unpaired) electrons. The van der Waals surface area contributed by atoms with Crippen molar-refractivity contribution in [3.8, 4) is 0 Å². The molecule has 0 aromatic carbocycles. The molecule has 82 valence electrons. The monoisotopic (exact) mass is 224 g/mol. The summed E-state index contributed by atoms with van der Waals surface area (Å²) in [5.41, 5.74) is 5.62. The van der Waals surface area contributed by atoms with Gasteiger partial charge in [0, 0.05) is 13.1 Å². The number of piperidine rings is 1. The van der Waals surface area contributed by atoms with Crippen molar-refractivity contribution in [2.45, 2.75) is 12.8 Å². The van der Waals surface area contributed by atoms with Crippen molar-refractivity contribution in [2.24, 2.45) is 11.7 Å². The standard InChI is InChI=1S/C11H16N2OS/c12-8-9-3-5-13(6-4-9)11(14)10-2-1-7-15-10/h1-2,7,9H,3-6,8,12H2. The molecule has 3 nitrogen and oxygen atoms in total. The Morgan fingerprint density at radius 2 is 2.27 bits per heavy atom. The van der Waals surface area contributed by atoms with Crippen LogP contribution in [0.1, 0.15) is 22.5 Å². The van der Waals surface area contributed by atoms with Gasteiger partial charge in [-0.2, -0.15) is 0 Å². The van der Waals surface area contributed by atoms with Crippen LogP contribution < -0.4 is 5.73 Å². The van der Waals surface area contributed by atoms with E-state index >= 15 is 0 Å². The molecule has 1 fully saturated rings. The van der Waals surface area contributed by atoms with Gasteiger partial charge in [0.25, 0.3) is 5.91 Å². The molecule has 0 atom stereocenters. The number of carbonyl (C=O) groups excluding carboxylic acids is 1. The van der Waals surface area contributed by atoms with Crippen molar-refractivity contribution >= 4 is 17.2 Å². The lowest BCUT2D eigenvalue weighted by Crippen LogP contribution is -2.39. The zero-order valence-corrected chi connectivity index (χ0v) is 9.50. The highest BCUT2D eigenvalue weighted by atomic mass is 32.1. The van der Waals surface area contributed by atoms with Gasteiger partial charge in [-0.25, -0.2) is 0 Å². The Bertz CT molecular complexity index is 315. The van der Waals surface area contributed by atoms with E-state index in [0.29, 0.717) is 5.92 Å². The van der Waals surface area contributed by atoms with Crippen molar-refractivity contribution in [2.75, 3.05) is 19.6 Å². The number of nitrogens with two attached hydrogens (primary N) is 1. The van der Waals surface area contributed by atoms with E-state index in [9.17, 15) is 4.79 Å². The molecule has 0 bridgehead atoms. The molecule has 4 heteroatoms. The van der Waals surface area contributed by atoms with Gasteiger partial charge in [-0.05, 0) is 36.8 Å². The lowest BCUT2D eigenvalue weighted by Gasteiger charge is -2.31. The van der Waals surface area contributed by atoms with E-state index in [2.05, 4.69) is 0 Å². The highest BCUT2D eigenvalue weighted by molar-refractivity contribution is 7.12. The molecular weight excluding hydrogens is 208 g/mol. The van der Waals surface area contributed by atoms with Crippen LogP contribution in [0.2, 0.25) is 0 Å². The summed E-state index contributed by atoms with van der Waals surface area (Å²) in [6.07, 6.45) is 2.10. The fourth-order valence-corrected chi connectivity index (χ4v) is 2.62. The average molecular weight is 224 g/mol. The Morgan fingerprint density at radius 3 is 2.80 bits per heavy atom. The molecule has 1 aliphatic rings. The minimum Gasteiger partial charge on any atom is -0.338 e. The van der Waals surface area contributed by atoms with Crippen LogP contribution in [-0.4, -0.2) is 30.4 Å². The molecule has 0 spiro atoms. The Morgan fingerprint density at radius 1 is 1.53 bits per heavy atom. The molecule has 1 aromatic rings. The first kappa shape index (κ1) is 10.6. The number of thiophene rings is 1. The van der Waals surface area contributed by atoms with Gasteiger partial charge in [0.2, 0.25) is 0 Å². The van der Waals surface area contributed by atoms with Crippen LogP contribution in [-0.2, 0) is 0 Å². The number of hydrogen-bond acceptors (Lipinski definition) is 3. The molecule has 0 unspecified atom stereocenters. The summed E-state index contributed by atoms with van der Waals surface area (Å²) in [5, 5.41) is 1.94. The summed E-state index contributed by atoms with van der Waals surface area (Å²) < 4.78 is 0. The summed E-state index contributed by atoms with van der Waals surface area (Å²) in [6, 6.07) is 3.81. The molecule has 2 rings (SSSR count). The molecule has 15 heavy (non-hydrogen) atoms. The third kappa shape index (κ3) is 2.38. The molecular formula is C11H16N2OS. The lowest BCUT2D eigenvalue weighted by atomic mass is 9.97. The summed E-state index contributed by atoms with van der Waals surface area (Å²) >= 11 is 1.52. The number of carbonyl (C=O) groups is 1. The van der Waals surface area contributed by atoms with Crippen LogP contribution in [0.25, 0.3) is 0 Å². The van der Waals surface area contributed by atoms with Gasteiger partial charge < -0.3 is 10.6 Å². The van der Waals surface area contributed by atoms with Gasteiger partial charge in [0.15, 0.2) is 0 Å². The number of nitrogens with zero attached hydrogens (tertiary/aromatic N) is 1. The maximum atomic E-state index is 12.0. The van der Waals surface area contributed by atoms with Crippen molar-refractivity contribution in [3.05, 3.63) is 22.4 Å². The number of hydrogen-bond donors (Lipinski definition) is 1. The maximum absolute atomic E-state index is 12.0. The van der Waals surface area contributed by atoms with E-state index in [-0.39, 0.29) is 5.91 Å². The van der Waals surface area contributed by atoms with Gasteiger partial charge in [0.1, 0.15) is 0 Å². The number of amides is 1. The molecule has 1 aliphatic heterocycles. The highest BCUT2D eigenvalue weighted by Gasteiger charge is 2.22. The molecule has 1 aromatic heterocycles. The van der Waals surface area contributed by atoms with Gasteiger partial charge >= 0.3 is 0 Å². The zero-order valence-electron chi connectivity index (χ0n) is 8.69. The fourth-order valence-electron chi connectivity index (χ4n) is 1.93. The Balaban J connectivity index is 1.93. The first-order valence-corrected chi connectivity index (χ1v) is 6.22. The Kier molecular flexibility index (Phi) is 3.38. The number of likely N-dealkylation sites (tertiary alicyclic amines) is 1. The molecule has 2 heterocycles. The predicted molar refractivity (Wildman–Crippen MR) is 62.0 cm³/mol. The summed E-state index contributed by atoms with van der Waals surface area (Å²) in [6.45, 7) is 2.47. The smallest absolute Gasteiger partial charge is 0.263 e. The lowest BCUT2D eigenvalue weighted by molar-refractivity contribution is 0.0698. The number of rotatable bonds is 2. The van der Waals surface area contributed by atoms with Gasteiger partial charge in [-0.1, -0.05) is 6.07 Å². The fraction of sp³-hybridized carbons (Fsp3) is 0.545. The van der Waals surface area contributed by atoms with Crippen molar-refractivity contribution in [1.29, 1.82) is 0 Å². The van der Waals surface area contributed by atoms with E-state index in [1.54, 1.807) is 0 Å². The maximum Gasteiger partial charge on any atom is 0.263 e.